The van der Waals surface area contributed by atoms with Crippen LogP contribution in [0.15, 0.2) is 48.7 Å². The molecule has 0 bridgehead atoms. The molecule has 7 heteroatoms. The van der Waals surface area contributed by atoms with Gasteiger partial charge in [-0.25, -0.2) is 9.78 Å². The second kappa shape index (κ2) is 7.71. The third kappa shape index (κ3) is 4.77. The summed E-state index contributed by atoms with van der Waals surface area (Å²) in [6, 6.07) is 10.3. The van der Waals surface area contributed by atoms with E-state index < -0.39 is 24.0 Å². The van der Waals surface area contributed by atoms with Crippen LogP contribution in [-0.4, -0.2) is 33.1 Å². The largest absolute Gasteiger partial charge is 0.480 e. The molecule has 2 rings (SSSR count). The van der Waals surface area contributed by atoms with Gasteiger partial charge in [-0.3, -0.25) is 4.79 Å². The van der Waals surface area contributed by atoms with Crippen molar-refractivity contribution in [3.8, 4) is 0 Å². The molecular weight excluding hydrogens is 320 g/mol. The van der Waals surface area contributed by atoms with Crippen molar-refractivity contribution in [1.29, 1.82) is 0 Å². The molecule has 2 atom stereocenters. The molecule has 0 aliphatic carbocycles. The van der Waals surface area contributed by atoms with Crippen molar-refractivity contribution in [1.82, 2.24) is 10.3 Å². The Bertz CT molecular complexity index is 676. The van der Waals surface area contributed by atoms with Crippen LogP contribution in [0.25, 0.3) is 0 Å². The van der Waals surface area contributed by atoms with E-state index in [4.69, 9.17) is 11.6 Å². The molecule has 0 fully saturated rings. The third-order valence-electron chi connectivity index (χ3n) is 3.21. The van der Waals surface area contributed by atoms with Gasteiger partial charge >= 0.3 is 5.97 Å². The highest BCUT2D eigenvalue weighted by atomic mass is 35.5. The molecule has 1 amide bonds. The smallest absolute Gasteiger partial charge is 0.326 e. The predicted molar refractivity (Wildman–Crippen MR) is 83.9 cm³/mol. The maximum Gasteiger partial charge on any atom is 0.326 e. The first-order valence-electron chi connectivity index (χ1n) is 6.84. The van der Waals surface area contributed by atoms with E-state index in [1.54, 1.807) is 36.4 Å². The number of pyridine rings is 1. The number of nitrogens with zero attached hydrogens (tertiary/aromatic N) is 1. The Morgan fingerprint density at radius 1 is 1.17 bits per heavy atom. The number of aliphatic hydroxyl groups is 1. The number of nitrogens with one attached hydrogen (secondary N) is 1. The lowest BCUT2D eigenvalue weighted by Crippen LogP contribution is -2.44. The van der Waals surface area contributed by atoms with Crippen LogP contribution in [0.1, 0.15) is 17.2 Å². The summed E-state index contributed by atoms with van der Waals surface area (Å²) in [5.74, 6) is -1.97. The Balaban J connectivity index is 2.05. The summed E-state index contributed by atoms with van der Waals surface area (Å²) >= 11 is 5.67. The molecule has 0 unspecified atom stereocenters. The number of rotatable bonds is 6. The van der Waals surface area contributed by atoms with E-state index in [1.807, 2.05) is 0 Å². The lowest BCUT2D eigenvalue weighted by molar-refractivity contribution is -0.143. The van der Waals surface area contributed by atoms with Crippen LogP contribution in [-0.2, 0) is 16.0 Å². The molecule has 23 heavy (non-hydrogen) atoms. The number of amides is 1. The van der Waals surface area contributed by atoms with Gasteiger partial charge in [-0.05, 0) is 17.2 Å². The van der Waals surface area contributed by atoms with Crippen molar-refractivity contribution in [3.05, 3.63) is 64.9 Å². The molecule has 3 N–H and O–H groups in total. The van der Waals surface area contributed by atoms with Gasteiger partial charge in [0, 0.05) is 12.6 Å². The molecule has 1 aromatic carbocycles. The number of hydrogen-bond acceptors (Lipinski definition) is 4. The van der Waals surface area contributed by atoms with Crippen LogP contribution in [0, 0.1) is 0 Å². The zero-order valence-electron chi connectivity index (χ0n) is 12.0. The Labute approximate surface area is 137 Å². The predicted octanol–water partition coefficient (Wildman–Crippen LogP) is 1.58. The molecule has 0 saturated carbocycles. The van der Waals surface area contributed by atoms with Gasteiger partial charge in [-0.1, -0.05) is 48.0 Å². The number of carboxylic acids is 1. The van der Waals surface area contributed by atoms with Gasteiger partial charge in [0.15, 0.2) is 6.10 Å². The number of benzene rings is 1. The minimum Gasteiger partial charge on any atom is -0.480 e. The molecule has 0 saturated heterocycles. The fourth-order valence-electron chi connectivity index (χ4n) is 2.00. The van der Waals surface area contributed by atoms with Crippen molar-refractivity contribution in [3.63, 3.8) is 0 Å². The molecule has 6 nitrogen and oxygen atoms in total. The first-order valence-corrected chi connectivity index (χ1v) is 7.22. The topological polar surface area (TPSA) is 99.5 Å². The molecule has 1 aromatic heterocycles. The summed E-state index contributed by atoms with van der Waals surface area (Å²) in [7, 11) is 0. The lowest BCUT2D eigenvalue weighted by atomic mass is 10.1. The average molecular weight is 335 g/mol. The summed E-state index contributed by atoms with van der Waals surface area (Å²) in [4.78, 5) is 27.2. The summed E-state index contributed by atoms with van der Waals surface area (Å²) in [6.45, 7) is 0. The quantitative estimate of drug-likeness (QED) is 0.696. The molecule has 2 aromatic rings. The maximum absolute atomic E-state index is 12.0. The van der Waals surface area contributed by atoms with Crippen LogP contribution in [0.2, 0.25) is 5.15 Å². The van der Waals surface area contributed by atoms with Crippen LogP contribution in [0.5, 0.6) is 0 Å². The lowest BCUT2D eigenvalue weighted by Gasteiger charge is -2.17. The van der Waals surface area contributed by atoms with E-state index in [0.717, 1.165) is 0 Å². The zero-order chi connectivity index (χ0) is 16.8. The van der Waals surface area contributed by atoms with Crippen molar-refractivity contribution < 1.29 is 19.8 Å². The van der Waals surface area contributed by atoms with E-state index >= 15 is 0 Å². The van der Waals surface area contributed by atoms with Gasteiger partial charge in [0.1, 0.15) is 11.2 Å². The number of carbonyl (C=O) groups excluding carboxylic acids is 1. The van der Waals surface area contributed by atoms with Crippen LogP contribution < -0.4 is 5.32 Å². The Hall–Kier alpha value is -2.44. The van der Waals surface area contributed by atoms with Gasteiger partial charge < -0.3 is 15.5 Å². The van der Waals surface area contributed by atoms with Crippen LogP contribution in [0.4, 0.5) is 0 Å². The van der Waals surface area contributed by atoms with Gasteiger partial charge in [0.25, 0.3) is 5.91 Å². The number of aromatic nitrogens is 1. The Kier molecular flexibility index (Phi) is 5.67. The van der Waals surface area contributed by atoms with Crippen LogP contribution in [0.3, 0.4) is 0 Å². The van der Waals surface area contributed by atoms with E-state index in [-0.39, 0.29) is 6.42 Å². The summed E-state index contributed by atoms with van der Waals surface area (Å²) in [5, 5.41) is 21.9. The first kappa shape index (κ1) is 16.9. The SMILES string of the molecule is O=C(N[C@H](Cc1ccc(Cl)nc1)C(=O)O)[C@@H](O)c1ccccc1. The van der Waals surface area contributed by atoms with Crippen LogP contribution >= 0.6 is 11.6 Å². The molecule has 0 aliphatic rings. The second-order valence-corrected chi connectivity index (χ2v) is 5.29. The molecule has 0 spiro atoms. The Morgan fingerprint density at radius 2 is 1.87 bits per heavy atom. The van der Waals surface area contributed by atoms with Gasteiger partial charge in [-0.15, -0.1) is 0 Å². The fourth-order valence-corrected chi connectivity index (χ4v) is 2.11. The van der Waals surface area contributed by atoms with E-state index in [0.29, 0.717) is 16.3 Å². The standard InChI is InChI=1S/C16H15ClN2O4/c17-13-7-6-10(9-18-13)8-12(16(22)23)19-15(21)14(20)11-4-2-1-3-5-11/h1-7,9,12,14,20H,8H2,(H,19,21)(H,22,23)/t12-,14+/m1/s1. The van der Waals surface area contributed by atoms with Gasteiger partial charge in [0.05, 0.1) is 0 Å². The van der Waals surface area contributed by atoms with Gasteiger partial charge in [0.2, 0.25) is 0 Å². The summed E-state index contributed by atoms with van der Waals surface area (Å²) in [5.41, 5.74) is 0.999. The second-order valence-electron chi connectivity index (χ2n) is 4.91. The average Bonchev–Trinajstić information content (AvgIpc) is 2.56. The molecule has 1 heterocycles. The summed E-state index contributed by atoms with van der Waals surface area (Å²) in [6.07, 6.45) is 0.0477. The maximum atomic E-state index is 12.0. The van der Waals surface area contributed by atoms with Crippen molar-refractivity contribution in [2.45, 2.75) is 18.6 Å². The normalized spacial score (nSPS) is 13.1. The van der Waals surface area contributed by atoms with Crippen molar-refractivity contribution in [2.75, 3.05) is 0 Å². The fraction of sp³-hybridized carbons (Fsp3) is 0.188. The van der Waals surface area contributed by atoms with Crippen molar-refractivity contribution in [2.24, 2.45) is 0 Å². The number of aliphatic carboxylic acids is 1. The molecule has 0 radical (unpaired) electrons. The van der Waals surface area contributed by atoms with Crippen molar-refractivity contribution >= 4 is 23.5 Å². The van der Waals surface area contributed by atoms with E-state index in [2.05, 4.69) is 10.3 Å². The number of carbonyl (C=O) groups is 2. The minimum atomic E-state index is -1.43. The molecule has 120 valence electrons. The molecular formula is C16H15ClN2O4. The van der Waals surface area contributed by atoms with E-state index in [9.17, 15) is 19.8 Å². The highest BCUT2D eigenvalue weighted by molar-refractivity contribution is 6.29. The number of hydrogen-bond donors (Lipinski definition) is 3. The number of aliphatic hydroxyl groups excluding tert-OH is 1. The summed E-state index contributed by atoms with van der Waals surface area (Å²) < 4.78 is 0. The molecule has 0 aliphatic heterocycles. The highest BCUT2D eigenvalue weighted by Gasteiger charge is 2.25. The Morgan fingerprint density at radius 3 is 2.43 bits per heavy atom. The first-order chi connectivity index (χ1) is 11.0. The minimum absolute atomic E-state index is 0.0345. The number of halogens is 1. The third-order valence-corrected chi connectivity index (χ3v) is 3.43. The zero-order valence-corrected chi connectivity index (χ0v) is 12.8. The number of carboxylic acid groups (broad SMARTS) is 1. The highest BCUT2D eigenvalue weighted by Crippen LogP contribution is 2.13. The van der Waals surface area contributed by atoms with Gasteiger partial charge in [-0.2, -0.15) is 0 Å². The monoisotopic (exact) mass is 334 g/mol. The van der Waals surface area contributed by atoms with E-state index in [1.165, 1.54) is 12.3 Å².